The van der Waals surface area contributed by atoms with E-state index in [0.717, 1.165) is 23.2 Å². The largest absolute Gasteiger partial charge is 0.440 e. The summed E-state index contributed by atoms with van der Waals surface area (Å²) >= 11 is 6.02. The summed E-state index contributed by atoms with van der Waals surface area (Å²) in [4.78, 5) is 28.5. The number of hydrogen-bond acceptors (Lipinski definition) is 7. The molecule has 2 aromatic heterocycles. The van der Waals surface area contributed by atoms with Crippen LogP contribution in [0.25, 0.3) is 11.1 Å². The Bertz CT molecular complexity index is 1360. The van der Waals surface area contributed by atoms with Crippen molar-refractivity contribution in [2.75, 3.05) is 0 Å². The monoisotopic (exact) mass is 491 g/mol. The molecule has 0 atom stereocenters. The van der Waals surface area contributed by atoms with Crippen LogP contribution in [0.2, 0.25) is 5.02 Å². The van der Waals surface area contributed by atoms with Crippen LogP contribution in [-0.2, 0) is 14.8 Å². The van der Waals surface area contributed by atoms with Gasteiger partial charge in [-0.15, -0.1) is 0 Å². The molecule has 0 aliphatic heterocycles. The quantitative estimate of drug-likeness (QED) is 0.553. The molecule has 2 aliphatic carbocycles. The Morgan fingerprint density at radius 2 is 1.91 bits per heavy atom. The minimum atomic E-state index is -4.24. The molecule has 11 heteroatoms. The standard InChI is InChI=1S/C22H22ClN3O6S/c1-2-18(27)26(33(29,30)19-6-5-17(31-19)20(24)28)14-10-22(11-14)8-12(9-22)21-25-15-7-13(23)3-4-16(15)32-21/h3-7,12,14H,2,8-11H2,1H3,(H2,24,28). The van der Waals surface area contributed by atoms with Gasteiger partial charge in [0.1, 0.15) is 5.52 Å². The van der Waals surface area contributed by atoms with Gasteiger partial charge in [-0.25, -0.2) is 9.29 Å². The lowest BCUT2D eigenvalue weighted by atomic mass is 9.50. The Kier molecular flexibility index (Phi) is 5.06. The molecule has 2 N–H and O–H groups in total. The molecule has 2 aliphatic rings. The SMILES string of the molecule is CCC(=O)N(C1CC2(CC(c3nc4cc(Cl)ccc4o3)C2)C1)S(=O)(=O)c1ccc(C(N)=O)o1. The van der Waals surface area contributed by atoms with Gasteiger partial charge in [-0.3, -0.25) is 9.59 Å². The van der Waals surface area contributed by atoms with E-state index in [4.69, 9.17) is 26.2 Å². The summed E-state index contributed by atoms with van der Waals surface area (Å²) < 4.78 is 38.2. The number of primary amides is 1. The van der Waals surface area contributed by atoms with Gasteiger partial charge in [-0.1, -0.05) is 18.5 Å². The molecule has 2 heterocycles. The highest BCUT2D eigenvalue weighted by atomic mass is 35.5. The first-order valence-corrected chi connectivity index (χ1v) is 12.5. The van der Waals surface area contributed by atoms with Crippen LogP contribution in [0.1, 0.15) is 61.4 Å². The number of aromatic nitrogens is 1. The predicted molar refractivity (Wildman–Crippen MR) is 118 cm³/mol. The fourth-order valence-electron chi connectivity index (χ4n) is 5.07. The number of hydrogen-bond donors (Lipinski definition) is 1. The van der Waals surface area contributed by atoms with Crippen molar-refractivity contribution in [3.63, 3.8) is 0 Å². The molecular formula is C22H22ClN3O6S. The number of nitrogens with zero attached hydrogens (tertiary/aromatic N) is 2. The highest BCUT2D eigenvalue weighted by molar-refractivity contribution is 7.89. The molecule has 0 radical (unpaired) electrons. The summed E-state index contributed by atoms with van der Waals surface area (Å²) in [5, 5.41) is 0.131. The van der Waals surface area contributed by atoms with Gasteiger partial charge < -0.3 is 14.6 Å². The Hall–Kier alpha value is -2.85. The third kappa shape index (κ3) is 3.61. The molecule has 9 nitrogen and oxygen atoms in total. The number of benzene rings is 1. The van der Waals surface area contributed by atoms with Crippen molar-refractivity contribution in [2.24, 2.45) is 11.1 Å². The molecule has 3 aromatic rings. The van der Waals surface area contributed by atoms with Gasteiger partial charge in [0.05, 0.1) is 0 Å². The second-order valence-corrected chi connectivity index (χ2v) is 11.0. The van der Waals surface area contributed by atoms with E-state index >= 15 is 0 Å². The van der Waals surface area contributed by atoms with Crippen molar-refractivity contribution in [1.82, 2.24) is 9.29 Å². The maximum atomic E-state index is 13.2. The Morgan fingerprint density at radius 3 is 2.55 bits per heavy atom. The van der Waals surface area contributed by atoms with Gasteiger partial charge in [-0.2, -0.15) is 8.42 Å². The fourth-order valence-corrected chi connectivity index (χ4v) is 6.80. The van der Waals surface area contributed by atoms with E-state index < -0.39 is 33.0 Å². The fraction of sp³-hybridized carbons (Fsp3) is 0.409. The van der Waals surface area contributed by atoms with Crippen LogP contribution in [0.3, 0.4) is 0 Å². The van der Waals surface area contributed by atoms with Gasteiger partial charge in [0.25, 0.3) is 15.9 Å². The maximum absolute atomic E-state index is 13.2. The molecule has 2 fully saturated rings. The van der Waals surface area contributed by atoms with Crippen molar-refractivity contribution in [2.45, 2.75) is 56.1 Å². The number of nitrogens with two attached hydrogens (primary N) is 1. The number of halogens is 1. The Morgan fingerprint density at radius 1 is 1.18 bits per heavy atom. The maximum Gasteiger partial charge on any atom is 0.300 e. The van der Waals surface area contributed by atoms with E-state index in [9.17, 15) is 18.0 Å². The number of amides is 2. The number of carbonyl (C=O) groups excluding carboxylic acids is 2. The lowest BCUT2D eigenvalue weighted by Gasteiger charge is -2.58. The normalized spacial score (nSPS) is 24.4. The third-order valence-electron chi connectivity index (χ3n) is 6.63. The second kappa shape index (κ2) is 7.59. The second-order valence-electron chi connectivity index (χ2n) is 8.86. The molecule has 5 rings (SSSR count). The van der Waals surface area contributed by atoms with Crippen LogP contribution in [0.5, 0.6) is 0 Å². The van der Waals surface area contributed by atoms with Crippen LogP contribution in [0.15, 0.2) is 44.3 Å². The van der Waals surface area contributed by atoms with E-state index in [0.29, 0.717) is 34.9 Å². The zero-order valence-electron chi connectivity index (χ0n) is 17.8. The van der Waals surface area contributed by atoms with Crippen molar-refractivity contribution in [3.05, 3.63) is 47.0 Å². The van der Waals surface area contributed by atoms with Gasteiger partial charge in [0.15, 0.2) is 17.2 Å². The summed E-state index contributed by atoms with van der Waals surface area (Å²) in [6.45, 7) is 1.61. The molecule has 174 valence electrons. The summed E-state index contributed by atoms with van der Waals surface area (Å²) in [7, 11) is -4.24. The Balaban J connectivity index is 1.30. The minimum absolute atomic E-state index is 0.0280. The van der Waals surface area contributed by atoms with Gasteiger partial charge in [0.2, 0.25) is 11.0 Å². The highest BCUT2D eigenvalue weighted by Crippen LogP contribution is 2.63. The summed E-state index contributed by atoms with van der Waals surface area (Å²) in [6.07, 6.45) is 2.77. The Labute approximate surface area is 194 Å². The molecule has 0 unspecified atom stereocenters. The molecular weight excluding hydrogens is 470 g/mol. The van der Waals surface area contributed by atoms with Gasteiger partial charge >= 0.3 is 0 Å². The van der Waals surface area contributed by atoms with Crippen LogP contribution < -0.4 is 5.73 Å². The van der Waals surface area contributed by atoms with Gasteiger partial charge in [0, 0.05) is 23.4 Å². The van der Waals surface area contributed by atoms with E-state index in [-0.39, 0.29) is 23.5 Å². The highest BCUT2D eigenvalue weighted by Gasteiger charge is 2.58. The third-order valence-corrected chi connectivity index (χ3v) is 8.61. The first kappa shape index (κ1) is 22.0. The smallest absolute Gasteiger partial charge is 0.300 e. The zero-order valence-corrected chi connectivity index (χ0v) is 19.4. The molecule has 33 heavy (non-hydrogen) atoms. The minimum Gasteiger partial charge on any atom is -0.440 e. The van der Waals surface area contributed by atoms with Gasteiger partial charge in [-0.05, 0) is 61.4 Å². The lowest BCUT2D eigenvalue weighted by molar-refractivity contribution is -0.134. The average Bonchev–Trinajstić information content (AvgIpc) is 3.35. The van der Waals surface area contributed by atoms with Crippen molar-refractivity contribution in [3.8, 4) is 0 Å². The first-order chi connectivity index (χ1) is 15.6. The summed E-state index contributed by atoms with van der Waals surface area (Å²) in [6, 6.07) is 7.18. The lowest BCUT2D eigenvalue weighted by Crippen LogP contribution is -2.58. The number of oxazole rings is 1. The molecule has 1 spiro atoms. The van der Waals surface area contributed by atoms with Crippen LogP contribution in [0, 0.1) is 5.41 Å². The van der Waals surface area contributed by atoms with E-state index in [1.54, 1.807) is 25.1 Å². The van der Waals surface area contributed by atoms with Crippen LogP contribution >= 0.6 is 11.6 Å². The number of fused-ring (bicyclic) bond motifs is 1. The molecule has 2 saturated carbocycles. The zero-order chi connectivity index (χ0) is 23.5. The molecule has 2 amide bonds. The predicted octanol–water partition coefficient (Wildman–Crippen LogP) is 3.83. The number of rotatable bonds is 6. The number of sulfonamides is 1. The topological polar surface area (TPSA) is 137 Å². The van der Waals surface area contributed by atoms with E-state index in [1.807, 2.05) is 0 Å². The average molecular weight is 492 g/mol. The van der Waals surface area contributed by atoms with E-state index in [1.165, 1.54) is 6.07 Å². The molecule has 0 bridgehead atoms. The van der Waals surface area contributed by atoms with Crippen LogP contribution in [0.4, 0.5) is 0 Å². The van der Waals surface area contributed by atoms with Crippen molar-refractivity contribution in [1.29, 1.82) is 0 Å². The summed E-state index contributed by atoms with van der Waals surface area (Å²) in [5.74, 6) is -0.866. The molecule has 1 aromatic carbocycles. The van der Waals surface area contributed by atoms with Crippen molar-refractivity contribution < 1.29 is 26.8 Å². The molecule has 0 saturated heterocycles. The number of carbonyl (C=O) groups is 2. The van der Waals surface area contributed by atoms with Crippen molar-refractivity contribution >= 4 is 44.5 Å². The first-order valence-electron chi connectivity index (χ1n) is 10.6. The van der Waals surface area contributed by atoms with Crippen LogP contribution in [-0.4, -0.2) is 35.6 Å². The summed E-state index contributed by atoms with van der Waals surface area (Å²) in [5.41, 5.74) is 6.51. The number of furan rings is 1. The van der Waals surface area contributed by atoms with E-state index in [2.05, 4.69) is 4.98 Å².